The third-order valence-corrected chi connectivity index (χ3v) is 7.08. The Kier molecular flexibility index (Phi) is 8.92. The minimum atomic E-state index is -1.09. The topological polar surface area (TPSA) is 194 Å². The van der Waals surface area contributed by atoms with Crippen LogP contribution in [0.3, 0.4) is 0 Å². The van der Waals surface area contributed by atoms with Gasteiger partial charge in [0.15, 0.2) is 47.3 Å². The van der Waals surface area contributed by atoms with Crippen molar-refractivity contribution in [2.75, 3.05) is 17.2 Å². The first-order valence-electron chi connectivity index (χ1n) is 13.6. The molecule has 1 aliphatic heterocycles. The van der Waals surface area contributed by atoms with Crippen LogP contribution in [0.15, 0.2) is 29.4 Å². The SMILES string of the molecule is CCC(CC)Nc1nc(NCCc2cn(C)cn2)nc2c1ncn2[C@@H]1O[C@H](c2cc(CO)no2)[C@H](OC=O)[C@H]1OC=O. The van der Waals surface area contributed by atoms with Gasteiger partial charge in [0.05, 0.1) is 25.0 Å². The van der Waals surface area contributed by atoms with Crippen molar-refractivity contribution in [1.29, 1.82) is 0 Å². The van der Waals surface area contributed by atoms with Crippen LogP contribution in [0.5, 0.6) is 0 Å². The van der Waals surface area contributed by atoms with Gasteiger partial charge in [0, 0.05) is 38.3 Å². The third kappa shape index (κ3) is 5.89. The first kappa shape index (κ1) is 28.9. The summed E-state index contributed by atoms with van der Waals surface area (Å²) in [6, 6.07) is 1.62. The standard InChI is InChI=1S/C26H33N9O7/c1-4-15(5-2)30-23-19-24(32-26(31-23)27-7-6-16-9-34(3)11-28-16)35(12-29-19)25-22(40-14-38)21(39-13-37)20(41-25)18-8-17(10-36)33-42-18/h8-9,11-15,20-22,25,36H,4-7,10H2,1-3H3,(H2,27,30,31,32)/t20-,21+,22-,25-/m1/s1. The number of aliphatic hydroxyl groups is 1. The number of nitrogens with one attached hydrogen (secondary N) is 2. The van der Waals surface area contributed by atoms with Gasteiger partial charge in [0.25, 0.3) is 12.9 Å². The second kappa shape index (κ2) is 12.9. The van der Waals surface area contributed by atoms with E-state index in [1.165, 1.54) is 12.4 Å². The number of hydrogen-bond donors (Lipinski definition) is 3. The van der Waals surface area contributed by atoms with Crippen LogP contribution >= 0.6 is 0 Å². The molecule has 1 aliphatic rings. The second-order valence-electron chi connectivity index (χ2n) is 9.80. The van der Waals surface area contributed by atoms with Gasteiger partial charge in [-0.25, -0.2) is 9.97 Å². The van der Waals surface area contributed by atoms with Crippen LogP contribution < -0.4 is 10.6 Å². The maximum absolute atomic E-state index is 11.5. The Morgan fingerprint density at radius 2 is 1.88 bits per heavy atom. The number of imidazole rings is 2. The van der Waals surface area contributed by atoms with E-state index in [1.54, 1.807) is 10.9 Å². The Hall–Kier alpha value is -4.57. The van der Waals surface area contributed by atoms with Crippen molar-refractivity contribution in [2.45, 2.75) is 70.3 Å². The van der Waals surface area contributed by atoms with Gasteiger partial charge in [0.2, 0.25) is 5.95 Å². The van der Waals surface area contributed by atoms with Crippen LogP contribution in [0.1, 0.15) is 56.2 Å². The van der Waals surface area contributed by atoms with Gasteiger partial charge in [-0.1, -0.05) is 19.0 Å². The number of ether oxygens (including phenoxy) is 3. The van der Waals surface area contributed by atoms with Crippen LogP contribution in [0, 0.1) is 0 Å². The number of aliphatic hydroxyl groups excluding tert-OH is 1. The molecule has 0 saturated carbocycles. The summed E-state index contributed by atoms with van der Waals surface area (Å²) in [6.45, 7) is 4.81. The second-order valence-corrected chi connectivity index (χ2v) is 9.80. The number of carbonyl (C=O) groups excluding carboxylic acids is 2. The minimum absolute atomic E-state index is 0.144. The molecule has 3 N–H and O–H groups in total. The Morgan fingerprint density at radius 3 is 2.55 bits per heavy atom. The highest BCUT2D eigenvalue weighted by atomic mass is 16.6. The fourth-order valence-electron chi connectivity index (χ4n) is 4.92. The molecule has 0 spiro atoms. The number of aromatic nitrogens is 7. The van der Waals surface area contributed by atoms with E-state index >= 15 is 0 Å². The van der Waals surface area contributed by atoms with E-state index in [2.05, 4.69) is 39.6 Å². The molecule has 16 heteroatoms. The molecule has 0 bridgehead atoms. The van der Waals surface area contributed by atoms with Crippen LogP contribution in [0.4, 0.5) is 11.8 Å². The number of nitrogens with zero attached hydrogens (tertiary/aromatic N) is 7. The van der Waals surface area contributed by atoms with Crippen molar-refractivity contribution >= 4 is 35.9 Å². The Labute approximate surface area is 240 Å². The Morgan fingerprint density at radius 1 is 1.10 bits per heavy atom. The quantitative estimate of drug-likeness (QED) is 0.171. The van der Waals surface area contributed by atoms with E-state index in [0.29, 0.717) is 35.9 Å². The molecule has 4 atom stereocenters. The van der Waals surface area contributed by atoms with E-state index in [1.807, 2.05) is 17.8 Å². The molecule has 224 valence electrons. The fraction of sp³-hybridized carbons (Fsp3) is 0.500. The molecule has 16 nitrogen and oxygen atoms in total. The normalized spacial score (nSPS) is 20.2. The number of aryl methyl sites for hydroxylation is 1. The van der Waals surface area contributed by atoms with Crippen molar-refractivity contribution in [3.05, 3.63) is 42.1 Å². The predicted molar refractivity (Wildman–Crippen MR) is 146 cm³/mol. The van der Waals surface area contributed by atoms with Gasteiger partial charge in [-0.3, -0.25) is 14.2 Å². The lowest BCUT2D eigenvalue weighted by Gasteiger charge is -2.21. The van der Waals surface area contributed by atoms with Gasteiger partial charge in [0.1, 0.15) is 5.69 Å². The molecule has 4 aromatic rings. The van der Waals surface area contributed by atoms with E-state index < -0.39 is 24.5 Å². The number of carbonyl (C=O) groups is 2. The minimum Gasteiger partial charge on any atom is -0.457 e. The van der Waals surface area contributed by atoms with Crippen LogP contribution in [-0.4, -0.2) is 77.1 Å². The van der Waals surface area contributed by atoms with Crippen molar-refractivity contribution in [1.82, 2.24) is 34.2 Å². The smallest absolute Gasteiger partial charge is 0.293 e. The van der Waals surface area contributed by atoms with Crippen LogP contribution in [0.25, 0.3) is 11.2 Å². The molecule has 0 unspecified atom stereocenters. The molecular formula is C26H33N9O7. The summed E-state index contributed by atoms with van der Waals surface area (Å²) in [5.41, 5.74) is 2.05. The Bertz CT molecular complexity index is 1500. The molecular weight excluding hydrogens is 550 g/mol. The zero-order chi connectivity index (χ0) is 29.6. The maximum atomic E-state index is 11.5. The summed E-state index contributed by atoms with van der Waals surface area (Å²) in [5.74, 6) is 1.05. The molecule has 0 aliphatic carbocycles. The van der Waals surface area contributed by atoms with Crippen LogP contribution in [-0.2, 0) is 43.9 Å². The van der Waals surface area contributed by atoms with Crippen molar-refractivity contribution in [3.63, 3.8) is 0 Å². The fourth-order valence-corrected chi connectivity index (χ4v) is 4.92. The summed E-state index contributed by atoms with van der Waals surface area (Å²) >= 11 is 0. The molecule has 1 fully saturated rings. The van der Waals surface area contributed by atoms with Gasteiger partial charge >= 0.3 is 0 Å². The first-order valence-corrected chi connectivity index (χ1v) is 13.6. The van der Waals surface area contributed by atoms with Crippen LogP contribution in [0.2, 0.25) is 0 Å². The van der Waals surface area contributed by atoms with E-state index in [-0.39, 0.29) is 37.0 Å². The lowest BCUT2D eigenvalue weighted by Crippen LogP contribution is -2.34. The third-order valence-electron chi connectivity index (χ3n) is 7.08. The van der Waals surface area contributed by atoms with Crippen molar-refractivity contribution < 1.29 is 33.4 Å². The van der Waals surface area contributed by atoms with E-state index in [0.717, 1.165) is 18.5 Å². The molecule has 5 rings (SSSR count). The van der Waals surface area contributed by atoms with E-state index in [9.17, 15) is 14.7 Å². The molecule has 5 heterocycles. The molecule has 4 aromatic heterocycles. The van der Waals surface area contributed by atoms with Gasteiger partial charge in [-0.15, -0.1) is 0 Å². The average molecular weight is 584 g/mol. The number of hydrogen-bond acceptors (Lipinski definition) is 14. The Balaban J connectivity index is 1.52. The lowest BCUT2D eigenvalue weighted by atomic mass is 10.1. The molecule has 0 radical (unpaired) electrons. The highest BCUT2D eigenvalue weighted by Gasteiger charge is 2.51. The van der Waals surface area contributed by atoms with Crippen molar-refractivity contribution in [2.24, 2.45) is 7.05 Å². The average Bonchev–Trinajstić information content (AvgIpc) is 3.79. The first-order chi connectivity index (χ1) is 20.5. The maximum Gasteiger partial charge on any atom is 0.293 e. The summed E-state index contributed by atoms with van der Waals surface area (Å²) in [4.78, 5) is 41.3. The van der Waals surface area contributed by atoms with E-state index in [4.69, 9.17) is 28.7 Å². The van der Waals surface area contributed by atoms with Gasteiger partial charge in [-0.05, 0) is 12.8 Å². The molecule has 42 heavy (non-hydrogen) atoms. The van der Waals surface area contributed by atoms with Gasteiger partial charge < -0.3 is 39.0 Å². The summed E-state index contributed by atoms with van der Waals surface area (Å²) in [5, 5.41) is 19.9. The predicted octanol–water partition coefficient (Wildman–Crippen LogP) is 1.65. The number of anilines is 2. The zero-order valence-electron chi connectivity index (χ0n) is 23.4. The largest absolute Gasteiger partial charge is 0.457 e. The molecule has 1 saturated heterocycles. The summed E-state index contributed by atoms with van der Waals surface area (Å²) < 4.78 is 25.8. The number of fused-ring (bicyclic) bond motifs is 1. The number of rotatable bonds is 15. The highest BCUT2D eigenvalue weighted by Crippen LogP contribution is 2.43. The lowest BCUT2D eigenvalue weighted by molar-refractivity contribution is -0.151. The molecule has 0 amide bonds. The monoisotopic (exact) mass is 583 g/mol. The van der Waals surface area contributed by atoms with Gasteiger partial charge in [-0.2, -0.15) is 9.97 Å². The zero-order valence-corrected chi connectivity index (χ0v) is 23.4. The molecule has 0 aromatic carbocycles. The summed E-state index contributed by atoms with van der Waals surface area (Å²) in [7, 11) is 1.91. The van der Waals surface area contributed by atoms with Crippen molar-refractivity contribution in [3.8, 4) is 0 Å². The summed E-state index contributed by atoms with van der Waals surface area (Å²) in [6.07, 6.45) is 3.36. The highest BCUT2D eigenvalue weighted by molar-refractivity contribution is 5.84.